The minimum atomic E-state index is 0.216. The average Bonchev–Trinajstić information content (AvgIpc) is 2.57. The molecule has 84 valence electrons. The lowest BCUT2D eigenvalue weighted by Crippen LogP contribution is -1.98. The van der Waals surface area contributed by atoms with Gasteiger partial charge in [-0.05, 0) is 23.8 Å². The lowest BCUT2D eigenvalue weighted by Gasteiger charge is -1.99. The number of nitriles is 1. The Balaban J connectivity index is 2.38. The highest BCUT2D eigenvalue weighted by Crippen LogP contribution is 2.36. The summed E-state index contributed by atoms with van der Waals surface area (Å²) in [6, 6.07) is 9.70. The highest BCUT2D eigenvalue weighted by Gasteiger charge is 2.23. The molecule has 0 spiro atoms. The van der Waals surface area contributed by atoms with Gasteiger partial charge in [-0.2, -0.15) is 5.26 Å². The van der Waals surface area contributed by atoms with Crippen LogP contribution in [0, 0.1) is 16.7 Å². The molecule has 1 aromatic carbocycles. The van der Waals surface area contributed by atoms with Crippen LogP contribution in [-0.2, 0) is 0 Å². The van der Waals surface area contributed by atoms with Gasteiger partial charge in [0.25, 0.3) is 0 Å². The van der Waals surface area contributed by atoms with E-state index < -0.39 is 0 Å². The van der Waals surface area contributed by atoms with Gasteiger partial charge in [0.15, 0.2) is 0 Å². The first-order valence-corrected chi connectivity index (χ1v) is 6.37. The number of rotatable bonds is 1. The van der Waals surface area contributed by atoms with Crippen molar-refractivity contribution in [3.05, 3.63) is 50.5 Å². The molecule has 1 aliphatic rings. The smallest absolute Gasteiger partial charge is 0.112 e. The van der Waals surface area contributed by atoms with Crippen LogP contribution in [0.15, 0.2) is 44.9 Å². The molecule has 0 aliphatic carbocycles. The fourth-order valence-electron chi connectivity index (χ4n) is 1.39. The topological polar surface area (TPSA) is 73.7 Å². The average molecular weight is 306 g/mol. The highest BCUT2D eigenvalue weighted by atomic mass is 79.9. The molecule has 3 N–H and O–H groups in total. The Morgan fingerprint density at radius 2 is 2.00 bits per heavy atom. The fourth-order valence-corrected chi connectivity index (χ4v) is 2.54. The second-order valence-electron chi connectivity index (χ2n) is 3.39. The first-order chi connectivity index (χ1) is 8.11. The lowest BCUT2D eigenvalue weighted by molar-refractivity contribution is 1.38. The van der Waals surface area contributed by atoms with E-state index in [0.29, 0.717) is 5.70 Å². The summed E-state index contributed by atoms with van der Waals surface area (Å²) >= 11 is 4.58. The number of hydrogen-bond acceptors (Lipinski definition) is 4. The van der Waals surface area contributed by atoms with Crippen molar-refractivity contribution in [2.75, 3.05) is 0 Å². The maximum Gasteiger partial charge on any atom is 0.112 e. The molecule has 0 saturated heterocycles. The van der Waals surface area contributed by atoms with Gasteiger partial charge in [-0.1, -0.05) is 39.8 Å². The number of halogens is 1. The molecule has 0 fully saturated rings. The fraction of sp³-hybridized carbons (Fsp3) is 0. The van der Waals surface area contributed by atoms with Gasteiger partial charge in [0.05, 0.1) is 5.70 Å². The summed E-state index contributed by atoms with van der Waals surface area (Å²) in [6.07, 6.45) is 1.88. The molecule has 1 heterocycles. The largest absolute Gasteiger partial charge is 0.397 e. The predicted molar refractivity (Wildman–Crippen MR) is 74.3 cm³/mol. The molecule has 2 rings (SSSR count). The maximum absolute atomic E-state index is 8.85. The number of thioether (sulfide) groups is 1. The van der Waals surface area contributed by atoms with Gasteiger partial charge in [-0.15, -0.1) is 0 Å². The van der Waals surface area contributed by atoms with Crippen molar-refractivity contribution in [1.82, 2.24) is 0 Å². The molecule has 5 heteroatoms. The van der Waals surface area contributed by atoms with Gasteiger partial charge in [-0.3, -0.25) is 5.41 Å². The van der Waals surface area contributed by atoms with Crippen molar-refractivity contribution in [2.24, 2.45) is 5.73 Å². The second kappa shape index (κ2) is 4.78. The molecule has 0 saturated carbocycles. The van der Waals surface area contributed by atoms with Crippen LogP contribution in [0.1, 0.15) is 5.56 Å². The van der Waals surface area contributed by atoms with Gasteiger partial charge >= 0.3 is 0 Å². The molecule has 1 aromatic rings. The van der Waals surface area contributed by atoms with E-state index in [2.05, 4.69) is 15.9 Å². The van der Waals surface area contributed by atoms with E-state index >= 15 is 0 Å². The highest BCUT2D eigenvalue weighted by molar-refractivity contribution is 9.10. The molecule has 0 radical (unpaired) electrons. The minimum absolute atomic E-state index is 0.216. The first-order valence-electron chi connectivity index (χ1n) is 4.76. The number of nitrogens with one attached hydrogen (secondary N) is 1. The van der Waals surface area contributed by atoms with Crippen LogP contribution >= 0.6 is 27.7 Å². The third-order valence-corrected chi connectivity index (χ3v) is 3.75. The minimum Gasteiger partial charge on any atom is -0.397 e. The van der Waals surface area contributed by atoms with Gasteiger partial charge in [0.1, 0.15) is 16.7 Å². The summed E-state index contributed by atoms with van der Waals surface area (Å²) in [6.45, 7) is 0. The number of benzene rings is 1. The van der Waals surface area contributed by atoms with Crippen LogP contribution < -0.4 is 5.73 Å². The van der Waals surface area contributed by atoms with Crippen LogP contribution in [0.5, 0.6) is 0 Å². The Labute approximate surface area is 112 Å². The van der Waals surface area contributed by atoms with Gasteiger partial charge in [0.2, 0.25) is 0 Å². The molecular formula is C12H8BrN3S. The maximum atomic E-state index is 8.85. The van der Waals surface area contributed by atoms with Crippen LogP contribution in [0.4, 0.5) is 0 Å². The van der Waals surface area contributed by atoms with Crippen molar-refractivity contribution in [3.8, 4) is 6.07 Å². The quantitative estimate of drug-likeness (QED) is 0.836. The van der Waals surface area contributed by atoms with E-state index in [4.69, 9.17) is 16.4 Å². The molecule has 0 bridgehead atoms. The summed E-state index contributed by atoms with van der Waals surface area (Å²) in [5, 5.41) is 16.7. The van der Waals surface area contributed by atoms with Gasteiger partial charge in [-0.25, -0.2) is 0 Å². The summed E-state index contributed by atoms with van der Waals surface area (Å²) in [5.41, 5.74) is 7.47. The first kappa shape index (κ1) is 12.0. The zero-order valence-electron chi connectivity index (χ0n) is 8.70. The monoisotopic (exact) mass is 305 g/mol. The van der Waals surface area contributed by atoms with E-state index in [0.717, 1.165) is 14.9 Å². The molecule has 0 unspecified atom stereocenters. The molecule has 0 atom stereocenters. The van der Waals surface area contributed by atoms with Crippen molar-refractivity contribution in [3.63, 3.8) is 0 Å². The Morgan fingerprint density at radius 3 is 2.53 bits per heavy atom. The Morgan fingerprint density at radius 1 is 1.35 bits per heavy atom. The molecule has 1 aliphatic heterocycles. The summed E-state index contributed by atoms with van der Waals surface area (Å²) in [4.78, 5) is 0.758. The van der Waals surface area contributed by atoms with Gasteiger partial charge < -0.3 is 5.73 Å². The predicted octanol–water partition coefficient (Wildman–Crippen LogP) is 3.25. The third-order valence-electron chi connectivity index (χ3n) is 2.25. The van der Waals surface area contributed by atoms with Crippen LogP contribution in [0.3, 0.4) is 0 Å². The normalized spacial score (nSPS) is 17.6. The Hall–Kier alpha value is -1.51. The standard InChI is InChI=1S/C12H8BrN3S/c13-8-3-1-7(2-4-8)5-10-11(15)9(6-14)12(16)17-10/h1-5,16H,15H2/b10-5+,16-12?. The second-order valence-corrected chi connectivity index (χ2v) is 5.36. The zero-order valence-corrected chi connectivity index (χ0v) is 11.1. The summed E-state index contributed by atoms with van der Waals surface area (Å²) in [5.74, 6) is 0. The SMILES string of the molecule is N#CC1=C(N)/C(=C\c2ccc(Br)cc2)SC1=N. The zero-order chi connectivity index (χ0) is 12.4. The van der Waals surface area contributed by atoms with E-state index in [-0.39, 0.29) is 10.6 Å². The third kappa shape index (κ3) is 2.43. The van der Waals surface area contributed by atoms with E-state index in [1.165, 1.54) is 11.8 Å². The number of nitrogens with zero attached hydrogens (tertiary/aromatic N) is 1. The van der Waals surface area contributed by atoms with Crippen molar-refractivity contribution in [2.45, 2.75) is 0 Å². The van der Waals surface area contributed by atoms with Crippen LogP contribution in [0.2, 0.25) is 0 Å². The number of hydrogen-bond donors (Lipinski definition) is 2. The van der Waals surface area contributed by atoms with Crippen molar-refractivity contribution >= 4 is 38.8 Å². The molecule has 17 heavy (non-hydrogen) atoms. The van der Waals surface area contributed by atoms with E-state index in [1.807, 2.05) is 36.4 Å². The Bertz CT molecular complexity index is 579. The summed E-state index contributed by atoms with van der Waals surface area (Å²) in [7, 11) is 0. The number of nitrogens with two attached hydrogens (primary N) is 1. The molecular weight excluding hydrogens is 298 g/mol. The van der Waals surface area contributed by atoms with Crippen LogP contribution in [0.25, 0.3) is 6.08 Å². The van der Waals surface area contributed by atoms with Crippen molar-refractivity contribution < 1.29 is 0 Å². The van der Waals surface area contributed by atoms with Gasteiger partial charge in [0, 0.05) is 9.38 Å². The Kier molecular flexibility index (Phi) is 3.36. The molecule has 0 aromatic heterocycles. The van der Waals surface area contributed by atoms with E-state index in [9.17, 15) is 0 Å². The lowest BCUT2D eigenvalue weighted by atomic mass is 10.1. The van der Waals surface area contributed by atoms with Crippen molar-refractivity contribution in [1.29, 1.82) is 10.7 Å². The van der Waals surface area contributed by atoms with Crippen LogP contribution in [-0.4, -0.2) is 5.04 Å². The summed E-state index contributed by atoms with van der Waals surface area (Å²) < 4.78 is 1.01. The molecule has 3 nitrogen and oxygen atoms in total. The molecule has 0 amide bonds. The van der Waals surface area contributed by atoms with E-state index in [1.54, 1.807) is 0 Å².